The third-order valence-electron chi connectivity index (χ3n) is 16.6. The van der Waals surface area contributed by atoms with E-state index in [0.29, 0.717) is 12.8 Å². The lowest BCUT2D eigenvalue weighted by atomic mass is 9.99. The van der Waals surface area contributed by atoms with E-state index in [1.54, 1.807) is 0 Å². The molecule has 1 aliphatic heterocycles. The fourth-order valence-corrected chi connectivity index (χ4v) is 11.2. The molecule has 1 aliphatic rings. The second kappa shape index (κ2) is 57.9. The lowest BCUT2D eigenvalue weighted by molar-refractivity contribution is -0.302. The Bertz CT molecular complexity index is 1260. The van der Waals surface area contributed by atoms with Gasteiger partial charge in [0.05, 0.1) is 25.4 Å². The number of nitrogens with one attached hydrogen (secondary N) is 1. The van der Waals surface area contributed by atoms with Gasteiger partial charge in [0, 0.05) is 6.42 Å². The van der Waals surface area contributed by atoms with Crippen molar-refractivity contribution in [3.63, 3.8) is 0 Å². The molecule has 0 saturated carbocycles. The van der Waals surface area contributed by atoms with E-state index in [1.807, 2.05) is 0 Å². The van der Waals surface area contributed by atoms with Crippen molar-refractivity contribution in [2.24, 2.45) is 0 Å². The Morgan fingerprint density at radius 1 is 0.442 bits per heavy atom. The Kier molecular flexibility index (Phi) is 55.4. The SMILES string of the molecule is CCCCCCC/C=C\C/C=C\CCCCCCCCCCCCCCCCCCCCCC(=O)NC(COC1OC(CO)C(O)C(O)C1O)C(O)CCCCCCCCCCCCCCCCCCCCCCCCC. The van der Waals surface area contributed by atoms with Crippen molar-refractivity contribution >= 4 is 5.91 Å². The van der Waals surface area contributed by atoms with Crippen molar-refractivity contribution in [2.75, 3.05) is 13.2 Å². The topological polar surface area (TPSA) is 149 Å². The first-order valence-electron chi connectivity index (χ1n) is 34.0. The number of carbonyl (C=O) groups is 1. The number of aliphatic hydroxyl groups is 5. The Morgan fingerprint density at radius 3 is 1.12 bits per heavy atom. The second-order valence-electron chi connectivity index (χ2n) is 24.0. The Balaban J connectivity index is 2.11. The maximum atomic E-state index is 13.1. The average molecular weight is 1090 g/mol. The zero-order chi connectivity index (χ0) is 55.8. The molecule has 77 heavy (non-hydrogen) atoms. The molecule has 6 N–H and O–H groups in total. The third-order valence-corrected chi connectivity index (χ3v) is 16.6. The molecule has 0 aliphatic carbocycles. The maximum Gasteiger partial charge on any atom is 0.220 e. The fraction of sp³-hybridized carbons (Fsp3) is 0.926. The zero-order valence-electron chi connectivity index (χ0n) is 51.0. The molecule has 0 spiro atoms. The molecule has 7 unspecified atom stereocenters. The molecule has 0 aromatic heterocycles. The highest BCUT2D eigenvalue weighted by Gasteiger charge is 2.44. The van der Waals surface area contributed by atoms with E-state index in [0.717, 1.165) is 44.9 Å². The molecule has 1 saturated heterocycles. The van der Waals surface area contributed by atoms with Gasteiger partial charge in [0.2, 0.25) is 5.91 Å². The highest BCUT2D eigenvalue weighted by molar-refractivity contribution is 5.76. The molecule has 1 amide bonds. The Morgan fingerprint density at radius 2 is 0.766 bits per heavy atom. The van der Waals surface area contributed by atoms with Crippen LogP contribution in [0.2, 0.25) is 0 Å². The van der Waals surface area contributed by atoms with Crippen LogP contribution in [0.5, 0.6) is 0 Å². The molecule has 0 aromatic carbocycles. The standard InChI is InChI=1S/C68H131NO8/c1-3-5-7-9-11-13-15-17-19-21-23-25-27-28-29-30-31-32-33-34-36-38-40-42-44-46-48-50-52-54-56-58-64(72)69-61(60-76-68-67(75)66(74)65(73)63(59-70)77-68)62(71)57-55-53-51-49-47-45-43-41-39-37-35-26-24-22-20-18-16-14-12-10-8-6-4-2/h15,17,21,23,61-63,65-68,70-71,73-75H,3-14,16,18-20,22,24-60H2,1-2H3,(H,69,72)/b17-15-,23-21-. The van der Waals surface area contributed by atoms with Crippen molar-refractivity contribution < 1.29 is 39.8 Å². The van der Waals surface area contributed by atoms with E-state index in [-0.39, 0.29) is 12.5 Å². The van der Waals surface area contributed by atoms with Gasteiger partial charge in [-0.05, 0) is 44.9 Å². The van der Waals surface area contributed by atoms with E-state index in [1.165, 1.54) is 276 Å². The molecule has 9 nitrogen and oxygen atoms in total. The largest absolute Gasteiger partial charge is 0.394 e. The highest BCUT2D eigenvalue weighted by Crippen LogP contribution is 2.24. The predicted octanol–water partition coefficient (Wildman–Crippen LogP) is 18.1. The summed E-state index contributed by atoms with van der Waals surface area (Å²) in [6.07, 6.45) is 68.1. The minimum absolute atomic E-state index is 0.133. The molecule has 1 fully saturated rings. The van der Waals surface area contributed by atoms with E-state index in [4.69, 9.17) is 9.47 Å². The second-order valence-corrected chi connectivity index (χ2v) is 24.0. The van der Waals surface area contributed by atoms with Crippen molar-refractivity contribution in [3.8, 4) is 0 Å². The van der Waals surface area contributed by atoms with E-state index in [9.17, 15) is 30.3 Å². The van der Waals surface area contributed by atoms with Gasteiger partial charge in [-0.2, -0.15) is 0 Å². The fourth-order valence-electron chi connectivity index (χ4n) is 11.2. The first-order chi connectivity index (χ1) is 37.8. The smallest absolute Gasteiger partial charge is 0.220 e. The molecule has 0 aromatic rings. The van der Waals surface area contributed by atoms with Crippen LogP contribution in [0.25, 0.3) is 0 Å². The highest BCUT2D eigenvalue weighted by atomic mass is 16.7. The number of carbonyl (C=O) groups excluding carboxylic acids is 1. The molecule has 9 heteroatoms. The van der Waals surface area contributed by atoms with Gasteiger partial charge in [-0.3, -0.25) is 4.79 Å². The number of hydrogen-bond acceptors (Lipinski definition) is 8. The normalized spacial score (nSPS) is 18.8. The van der Waals surface area contributed by atoms with Crippen LogP contribution < -0.4 is 5.32 Å². The molecular weight excluding hydrogens is 959 g/mol. The van der Waals surface area contributed by atoms with Gasteiger partial charge in [0.15, 0.2) is 6.29 Å². The average Bonchev–Trinajstić information content (AvgIpc) is 3.43. The first kappa shape index (κ1) is 73.7. The number of hydrogen-bond donors (Lipinski definition) is 6. The molecule has 456 valence electrons. The van der Waals surface area contributed by atoms with Gasteiger partial charge < -0.3 is 40.3 Å². The lowest BCUT2D eigenvalue weighted by Gasteiger charge is -2.40. The summed E-state index contributed by atoms with van der Waals surface area (Å²) in [5.74, 6) is -0.136. The van der Waals surface area contributed by atoms with Crippen molar-refractivity contribution in [1.82, 2.24) is 5.32 Å². The van der Waals surface area contributed by atoms with Crippen LogP contribution in [-0.2, 0) is 14.3 Å². The summed E-state index contributed by atoms with van der Waals surface area (Å²) in [5, 5.41) is 54.9. The molecule has 0 radical (unpaired) electrons. The van der Waals surface area contributed by atoms with Gasteiger partial charge in [0.1, 0.15) is 24.4 Å². The van der Waals surface area contributed by atoms with Crippen LogP contribution in [0.4, 0.5) is 0 Å². The summed E-state index contributed by atoms with van der Waals surface area (Å²) in [7, 11) is 0. The maximum absolute atomic E-state index is 13.1. The van der Waals surface area contributed by atoms with Gasteiger partial charge in [0.25, 0.3) is 0 Å². The number of allylic oxidation sites excluding steroid dienone is 4. The number of ether oxygens (including phenoxy) is 2. The van der Waals surface area contributed by atoms with Crippen LogP contribution in [0, 0.1) is 0 Å². The first-order valence-corrected chi connectivity index (χ1v) is 34.0. The van der Waals surface area contributed by atoms with E-state index >= 15 is 0 Å². The van der Waals surface area contributed by atoms with E-state index in [2.05, 4.69) is 43.5 Å². The minimum Gasteiger partial charge on any atom is -0.394 e. The van der Waals surface area contributed by atoms with E-state index < -0.39 is 49.5 Å². The summed E-state index contributed by atoms with van der Waals surface area (Å²) < 4.78 is 11.4. The number of unbranched alkanes of at least 4 members (excludes halogenated alkanes) is 46. The molecule has 1 rings (SSSR count). The van der Waals surface area contributed by atoms with Crippen LogP contribution in [0.3, 0.4) is 0 Å². The van der Waals surface area contributed by atoms with Crippen LogP contribution in [0.15, 0.2) is 24.3 Å². The Hall–Kier alpha value is -1.33. The summed E-state index contributed by atoms with van der Waals surface area (Å²) >= 11 is 0. The van der Waals surface area contributed by atoms with Gasteiger partial charge in [-0.1, -0.05) is 321 Å². The van der Waals surface area contributed by atoms with Crippen molar-refractivity contribution in [2.45, 2.75) is 391 Å². The van der Waals surface area contributed by atoms with Crippen molar-refractivity contribution in [1.29, 1.82) is 0 Å². The minimum atomic E-state index is -1.55. The summed E-state index contributed by atoms with van der Waals surface area (Å²) in [4.78, 5) is 13.1. The quantitative estimate of drug-likeness (QED) is 0.0261. The number of amides is 1. The summed E-state index contributed by atoms with van der Waals surface area (Å²) in [6, 6.07) is -0.718. The number of rotatable bonds is 60. The van der Waals surface area contributed by atoms with Crippen molar-refractivity contribution in [3.05, 3.63) is 24.3 Å². The van der Waals surface area contributed by atoms with Gasteiger partial charge >= 0.3 is 0 Å². The van der Waals surface area contributed by atoms with Gasteiger partial charge in [-0.25, -0.2) is 0 Å². The Labute approximate surface area is 477 Å². The summed E-state index contributed by atoms with van der Waals surface area (Å²) in [6.45, 7) is 3.88. The predicted molar refractivity (Wildman–Crippen MR) is 327 cm³/mol. The molecule has 7 atom stereocenters. The molecule has 0 bridgehead atoms. The monoisotopic (exact) mass is 1090 g/mol. The van der Waals surface area contributed by atoms with Gasteiger partial charge in [-0.15, -0.1) is 0 Å². The molecule has 1 heterocycles. The third kappa shape index (κ3) is 46.9. The van der Waals surface area contributed by atoms with Crippen LogP contribution >= 0.6 is 0 Å². The van der Waals surface area contributed by atoms with Crippen LogP contribution in [0.1, 0.15) is 348 Å². The number of aliphatic hydroxyl groups excluding tert-OH is 5. The lowest BCUT2D eigenvalue weighted by Crippen LogP contribution is -2.60. The van der Waals surface area contributed by atoms with Crippen LogP contribution in [-0.4, -0.2) is 87.5 Å². The molecular formula is C68H131NO8. The summed E-state index contributed by atoms with van der Waals surface area (Å²) in [5.41, 5.74) is 0. The zero-order valence-corrected chi connectivity index (χ0v) is 51.0.